The molecule has 0 heterocycles. The molecule has 17 heavy (non-hydrogen) atoms. The SMILES string of the molecule is CC(C)CC(CN)CC(=O)N(C)CC1CCC1. The minimum Gasteiger partial charge on any atom is -0.345 e. The summed E-state index contributed by atoms with van der Waals surface area (Å²) in [4.78, 5) is 13.9. The van der Waals surface area contributed by atoms with E-state index in [1.54, 1.807) is 0 Å². The topological polar surface area (TPSA) is 46.3 Å². The van der Waals surface area contributed by atoms with E-state index >= 15 is 0 Å². The molecule has 2 N–H and O–H groups in total. The molecule has 0 saturated heterocycles. The quantitative estimate of drug-likeness (QED) is 0.742. The number of carbonyl (C=O) groups excluding carboxylic acids is 1. The molecule has 1 fully saturated rings. The maximum Gasteiger partial charge on any atom is 0.222 e. The van der Waals surface area contributed by atoms with Crippen molar-refractivity contribution in [1.29, 1.82) is 0 Å². The summed E-state index contributed by atoms with van der Waals surface area (Å²) in [7, 11) is 1.93. The minimum atomic E-state index is 0.271. The number of rotatable bonds is 7. The van der Waals surface area contributed by atoms with E-state index in [-0.39, 0.29) is 5.91 Å². The van der Waals surface area contributed by atoms with Crippen molar-refractivity contribution < 1.29 is 4.79 Å². The van der Waals surface area contributed by atoms with Crippen molar-refractivity contribution in [2.24, 2.45) is 23.5 Å². The van der Waals surface area contributed by atoms with Crippen molar-refractivity contribution in [2.45, 2.75) is 46.0 Å². The van der Waals surface area contributed by atoms with Crippen LogP contribution in [-0.2, 0) is 4.79 Å². The first-order valence-corrected chi connectivity index (χ1v) is 6.97. The van der Waals surface area contributed by atoms with Gasteiger partial charge in [0.1, 0.15) is 0 Å². The van der Waals surface area contributed by atoms with Crippen LogP contribution in [-0.4, -0.2) is 30.9 Å². The van der Waals surface area contributed by atoms with E-state index in [2.05, 4.69) is 13.8 Å². The number of nitrogens with two attached hydrogens (primary N) is 1. The number of nitrogens with zero attached hydrogens (tertiary/aromatic N) is 1. The van der Waals surface area contributed by atoms with Crippen LogP contribution in [0.5, 0.6) is 0 Å². The molecule has 100 valence electrons. The predicted octanol–water partition coefficient (Wildman–Crippen LogP) is 2.26. The van der Waals surface area contributed by atoms with Crippen LogP contribution in [0.4, 0.5) is 0 Å². The Labute approximate surface area is 106 Å². The highest BCUT2D eigenvalue weighted by molar-refractivity contribution is 5.76. The highest BCUT2D eigenvalue weighted by Crippen LogP contribution is 2.27. The summed E-state index contributed by atoms with van der Waals surface area (Å²) in [5, 5.41) is 0. The fraction of sp³-hybridized carbons (Fsp3) is 0.929. The van der Waals surface area contributed by atoms with E-state index in [4.69, 9.17) is 5.73 Å². The molecule has 0 aliphatic heterocycles. The van der Waals surface area contributed by atoms with E-state index in [1.165, 1.54) is 19.3 Å². The Morgan fingerprint density at radius 2 is 2.06 bits per heavy atom. The van der Waals surface area contributed by atoms with Crippen molar-refractivity contribution in [2.75, 3.05) is 20.1 Å². The molecule has 0 radical (unpaired) electrons. The molecule has 1 unspecified atom stereocenters. The van der Waals surface area contributed by atoms with Crippen molar-refractivity contribution in [3.8, 4) is 0 Å². The van der Waals surface area contributed by atoms with Gasteiger partial charge >= 0.3 is 0 Å². The molecule has 0 spiro atoms. The molecule has 1 atom stereocenters. The normalized spacial score (nSPS) is 17.9. The van der Waals surface area contributed by atoms with Gasteiger partial charge in [0, 0.05) is 20.0 Å². The zero-order valence-corrected chi connectivity index (χ0v) is 11.6. The molecular weight excluding hydrogens is 212 g/mol. The first-order valence-electron chi connectivity index (χ1n) is 6.97. The number of carbonyl (C=O) groups is 1. The first kappa shape index (κ1) is 14.5. The molecule has 0 aromatic heterocycles. The van der Waals surface area contributed by atoms with Gasteiger partial charge in [-0.25, -0.2) is 0 Å². The Balaban J connectivity index is 2.29. The fourth-order valence-electron chi connectivity index (χ4n) is 2.50. The minimum absolute atomic E-state index is 0.271. The lowest BCUT2D eigenvalue weighted by Gasteiger charge is -2.31. The van der Waals surface area contributed by atoms with Gasteiger partial charge in [-0.15, -0.1) is 0 Å². The van der Waals surface area contributed by atoms with Crippen LogP contribution in [0.15, 0.2) is 0 Å². The molecule has 1 aliphatic carbocycles. The van der Waals surface area contributed by atoms with Crippen molar-refractivity contribution in [1.82, 2.24) is 4.90 Å². The molecule has 0 aromatic rings. The average molecular weight is 240 g/mol. The predicted molar refractivity (Wildman–Crippen MR) is 71.6 cm³/mol. The van der Waals surface area contributed by atoms with Gasteiger partial charge in [0.05, 0.1) is 0 Å². The second-order valence-corrected chi connectivity index (χ2v) is 6.01. The highest BCUT2D eigenvalue weighted by atomic mass is 16.2. The van der Waals surface area contributed by atoms with E-state index < -0.39 is 0 Å². The highest BCUT2D eigenvalue weighted by Gasteiger charge is 2.22. The molecule has 3 heteroatoms. The van der Waals surface area contributed by atoms with Gasteiger partial charge in [-0.2, -0.15) is 0 Å². The first-order chi connectivity index (χ1) is 8.02. The van der Waals surface area contributed by atoms with Gasteiger partial charge in [-0.1, -0.05) is 20.3 Å². The summed E-state index contributed by atoms with van der Waals surface area (Å²) in [6.45, 7) is 5.94. The van der Waals surface area contributed by atoms with Crippen molar-refractivity contribution in [3.63, 3.8) is 0 Å². The molecule has 3 nitrogen and oxygen atoms in total. The van der Waals surface area contributed by atoms with Gasteiger partial charge in [0.15, 0.2) is 0 Å². The zero-order chi connectivity index (χ0) is 12.8. The van der Waals surface area contributed by atoms with E-state index in [0.717, 1.165) is 18.9 Å². The lowest BCUT2D eigenvalue weighted by atomic mass is 9.85. The molecule has 1 rings (SSSR count). The molecule has 0 aromatic carbocycles. The van der Waals surface area contributed by atoms with E-state index in [9.17, 15) is 4.79 Å². The summed E-state index contributed by atoms with van der Waals surface area (Å²) in [5.74, 6) is 2.00. The maximum absolute atomic E-state index is 12.0. The maximum atomic E-state index is 12.0. The van der Waals surface area contributed by atoms with Crippen LogP contribution in [0.3, 0.4) is 0 Å². The van der Waals surface area contributed by atoms with E-state index in [0.29, 0.717) is 24.8 Å². The number of amides is 1. The van der Waals surface area contributed by atoms with Crippen LogP contribution in [0.1, 0.15) is 46.0 Å². The summed E-state index contributed by atoms with van der Waals surface area (Å²) in [5.41, 5.74) is 5.74. The van der Waals surface area contributed by atoms with Gasteiger partial charge < -0.3 is 10.6 Å². The average Bonchev–Trinajstić information content (AvgIpc) is 2.21. The van der Waals surface area contributed by atoms with Crippen LogP contribution in [0, 0.1) is 17.8 Å². The Morgan fingerprint density at radius 3 is 2.47 bits per heavy atom. The van der Waals surface area contributed by atoms with Gasteiger partial charge in [0.25, 0.3) is 0 Å². The Bertz CT molecular complexity index is 236. The summed E-state index contributed by atoms with van der Waals surface area (Å²) in [6, 6.07) is 0. The lowest BCUT2D eigenvalue weighted by Crippen LogP contribution is -2.36. The Hall–Kier alpha value is -0.570. The van der Waals surface area contributed by atoms with Gasteiger partial charge in [-0.3, -0.25) is 4.79 Å². The monoisotopic (exact) mass is 240 g/mol. The van der Waals surface area contributed by atoms with Crippen LogP contribution >= 0.6 is 0 Å². The number of hydrogen-bond acceptors (Lipinski definition) is 2. The second kappa shape index (κ2) is 7.00. The number of hydrogen-bond donors (Lipinski definition) is 1. The smallest absolute Gasteiger partial charge is 0.222 e. The van der Waals surface area contributed by atoms with Gasteiger partial charge in [-0.05, 0) is 43.6 Å². The third-order valence-corrected chi connectivity index (χ3v) is 3.78. The van der Waals surface area contributed by atoms with Crippen molar-refractivity contribution in [3.05, 3.63) is 0 Å². The standard InChI is InChI=1S/C14H28N2O/c1-11(2)7-13(9-15)8-14(17)16(3)10-12-5-4-6-12/h11-13H,4-10,15H2,1-3H3. The van der Waals surface area contributed by atoms with Crippen LogP contribution in [0.2, 0.25) is 0 Å². The van der Waals surface area contributed by atoms with Crippen LogP contribution < -0.4 is 5.73 Å². The van der Waals surface area contributed by atoms with Crippen LogP contribution in [0.25, 0.3) is 0 Å². The molecule has 1 saturated carbocycles. The Morgan fingerprint density at radius 1 is 1.41 bits per heavy atom. The summed E-state index contributed by atoms with van der Waals surface area (Å²) >= 11 is 0. The molecule has 1 aliphatic rings. The largest absolute Gasteiger partial charge is 0.345 e. The molecule has 1 amide bonds. The van der Waals surface area contributed by atoms with E-state index in [1.807, 2.05) is 11.9 Å². The lowest BCUT2D eigenvalue weighted by molar-refractivity contribution is -0.131. The zero-order valence-electron chi connectivity index (χ0n) is 11.6. The second-order valence-electron chi connectivity index (χ2n) is 6.01. The summed E-state index contributed by atoms with van der Waals surface area (Å²) < 4.78 is 0. The third-order valence-electron chi connectivity index (χ3n) is 3.78. The fourth-order valence-corrected chi connectivity index (χ4v) is 2.50. The van der Waals surface area contributed by atoms with Gasteiger partial charge in [0.2, 0.25) is 5.91 Å². The van der Waals surface area contributed by atoms with Crippen molar-refractivity contribution >= 4 is 5.91 Å². The molecule has 0 bridgehead atoms. The molecular formula is C14H28N2O. The Kier molecular flexibility index (Phi) is 5.96. The summed E-state index contributed by atoms with van der Waals surface area (Å²) in [6.07, 6.45) is 5.61. The third kappa shape index (κ3) is 5.07.